The smallest absolute Gasteiger partial charge is 0.363 e. The van der Waals surface area contributed by atoms with Gasteiger partial charge in [-0.15, -0.1) is 0 Å². The van der Waals surface area contributed by atoms with Crippen LogP contribution >= 0.6 is 0 Å². The van der Waals surface area contributed by atoms with Gasteiger partial charge in [0, 0.05) is 29.8 Å². The lowest BCUT2D eigenvalue weighted by atomic mass is 10.1. The molecule has 0 radical (unpaired) electrons. The number of carbonyl (C=O) groups is 1. The minimum Gasteiger partial charge on any atom is -0.457 e. The summed E-state index contributed by atoms with van der Waals surface area (Å²) >= 11 is 0. The molecule has 0 fully saturated rings. The zero-order chi connectivity index (χ0) is 20.2. The normalized spacial score (nSPS) is 15.0. The highest BCUT2D eigenvalue weighted by atomic mass is 16.6. The van der Waals surface area contributed by atoms with E-state index in [9.17, 15) is 14.9 Å². The molecule has 0 saturated heterocycles. The maximum Gasteiger partial charge on any atom is 0.363 e. The fourth-order valence-corrected chi connectivity index (χ4v) is 2.72. The lowest BCUT2D eigenvalue weighted by Crippen LogP contribution is -2.00. The van der Waals surface area contributed by atoms with Gasteiger partial charge < -0.3 is 9.15 Å². The van der Waals surface area contributed by atoms with E-state index in [0.29, 0.717) is 17.1 Å². The molecule has 1 aliphatic heterocycles. The number of nitrogens with zero attached hydrogens (tertiary/aromatic N) is 2. The number of rotatable bonds is 5. The van der Waals surface area contributed by atoms with E-state index in [-0.39, 0.29) is 17.3 Å². The summed E-state index contributed by atoms with van der Waals surface area (Å²) in [5.74, 6) is 0.442. The summed E-state index contributed by atoms with van der Waals surface area (Å²) in [7, 11) is 0. The molecule has 2 aromatic carbocycles. The lowest BCUT2D eigenvalue weighted by Gasteiger charge is -1.97. The second-order valence-corrected chi connectivity index (χ2v) is 6.12. The Labute approximate surface area is 165 Å². The number of hydrogen-bond donors (Lipinski definition) is 0. The number of carbonyl (C=O) groups excluding carboxylic acids is 1. The zero-order valence-corrected chi connectivity index (χ0v) is 15.0. The first-order valence-corrected chi connectivity index (χ1v) is 8.69. The number of non-ortho nitro benzene ring substituents is 1. The first-order chi connectivity index (χ1) is 14.1. The Morgan fingerprint density at radius 3 is 2.59 bits per heavy atom. The average Bonchev–Trinajstić information content (AvgIpc) is 3.34. The highest BCUT2D eigenvalue weighted by Gasteiger charge is 2.22. The van der Waals surface area contributed by atoms with Gasteiger partial charge in [0.1, 0.15) is 11.5 Å². The summed E-state index contributed by atoms with van der Waals surface area (Å²) in [6, 6.07) is 19.0. The van der Waals surface area contributed by atoms with Crippen LogP contribution < -0.4 is 0 Å². The molecule has 1 aliphatic rings. The van der Waals surface area contributed by atoms with Crippen molar-refractivity contribution in [3.05, 3.63) is 99.9 Å². The van der Waals surface area contributed by atoms with E-state index in [2.05, 4.69) is 4.99 Å². The average molecular weight is 386 g/mol. The molecular weight excluding hydrogens is 372 g/mol. The van der Waals surface area contributed by atoms with Crippen molar-refractivity contribution in [3.8, 4) is 11.3 Å². The molecule has 4 rings (SSSR count). The van der Waals surface area contributed by atoms with E-state index in [1.54, 1.807) is 36.4 Å². The summed E-state index contributed by atoms with van der Waals surface area (Å²) in [6.07, 6.45) is 4.87. The summed E-state index contributed by atoms with van der Waals surface area (Å²) < 4.78 is 10.8. The van der Waals surface area contributed by atoms with Crippen molar-refractivity contribution in [2.24, 2.45) is 4.99 Å². The molecule has 2 heterocycles. The molecule has 29 heavy (non-hydrogen) atoms. The highest BCUT2D eigenvalue weighted by molar-refractivity contribution is 6.11. The van der Waals surface area contributed by atoms with Gasteiger partial charge in [0.05, 0.1) is 4.92 Å². The second-order valence-electron chi connectivity index (χ2n) is 6.12. The predicted octanol–water partition coefficient (Wildman–Crippen LogP) is 4.86. The molecule has 0 bridgehead atoms. The fourth-order valence-electron chi connectivity index (χ4n) is 2.72. The van der Waals surface area contributed by atoms with Crippen LogP contribution in [-0.2, 0) is 9.53 Å². The van der Waals surface area contributed by atoms with Crippen molar-refractivity contribution in [1.82, 2.24) is 0 Å². The Morgan fingerprint density at radius 2 is 1.79 bits per heavy atom. The molecular formula is C22H14N2O5. The van der Waals surface area contributed by atoms with E-state index in [4.69, 9.17) is 9.15 Å². The van der Waals surface area contributed by atoms with E-state index in [1.807, 2.05) is 30.3 Å². The summed E-state index contributed by atoms with van der Waals surface area (Å²) in [6.45, 7) is 0. The topological polar surface area (TPSA) is 94.9 Å². The van der Waals surface area contributed by atoms with Gasteiger partial charge in [-0.1, -0.05) is 42.5 Å². The van der Waals surface area contributed by atoms with Crippen molar-refractivity contribution in [2.75, 3.05) is 0 Å². The third-order valence-electron chi connectivity index (χ3n) is 4.10. The van der Waals surface area contributed by atoms with Crippen LogP contribution in [0.1, 0.15) is 11.3 Å². The minimum atomic E-state index is -0.578. The van der Waals surface area contributed by atoms with Crippen molar-refractivity contribution < 1.29 is 18.9 Å². The van der Waals surface area contributed by atoms with Gasteiger partial charge in [0.25, 0.3) is 5.69 Å². The number of furan rings is 1. The molecule has 0 unspecified atom stereocenters. The molecule has 1 aromatic heterocycles. The summed E-state index contributed by atoms with van der Waals surface area (Å²) in [5, 5.41) is 10.9. The standard InChI is InChI=1S/C22H14N2O5/c25-22-19(23-21(29-22)12-9-15-5-2-1-3-6-15)14-18-10-11-20(28-18)16-7-4-8-17(13-16)24(26)27/h1-14H/b12-9+,19-14-. The van der Waals surface area contributed by atoms with Gasteiger partial charge in [0.2, 0.25) is 5.90 Å². The predicted molar refractivity (Wildman–Crippen MR) is 108 cm³/mol. The van der Waals surface area contributed by atoms with E-state index in [1.165, 1.54) is 18.2 Å². The quantitative estimate of drug-likeness (QED) is 0.270. The second kappa shape index (κ2) is 7.77. The Bertz CT molecular complexity index is 1170. The summed E-state index contributed by atoms with van der Waals surface area (Å²) in [5.41, 5.74) is 1.60. The van der Waals surface area contributed by atoms with Gasteiger partial charge in [-0.25, -0.2) is 9.79 Å². The maximum atomic E-state index is 12.0. The molecule has 0 amide bonds. The molecule has 7 nitrogen and oxygen atoms in total. The van der Waals surface area contributed by atoms with Crippen LogP contribution in [0.5, 0.6) is 0 Å². The SMILES string of the molecule is O=C1OC(/C=C/c2ccccc2)=NC/1=C\c1ccc(-c2cccc([N+](=O)[O-])c2)o1. The van der Waals surface area contributed by atoms with Gasteiger partial charge in [-0.2, -0.15) is 0 Å². The molecule has 3 aromatic rings. The molecule has 0 aliphatic carbocycles. The molecule has 0 saturated carbocycles. The first kappa shape index (κ1) is 18.1. The van der Waals surface area contributed by atoms with Crippen molar-refractivity contribution in [1.29, 1.82) is 0 Å². The van der Waals surface area contributed by atoms with E-state index >= 15 is 0 Å². The van der Waals surface area contributed by atoms with Crippen molar-refractivity contribution in [3.63, 3.8) is 0 Å². The lowest BCUT2D eigenvalue weighted by molar-refractivity contribution is -0.384. The fraction of sp³-hybridized carbons (Fsp3) is 0. The Balaban J connectivity index is 1.55. The highest BCUT2D eigenvalue weighted by Crippen LogP contribution is 2.27. The Morgan fingerprint density at radius 1 is 0.966 bits per heavy atom. The third kappa shape index (κ3) is 4.19. The molecule has 0 atom stereocenters. The largest absolute Gasteiger partial charge is 0.457 e. The van der Waals surface area contributed by atoms with Crippen LogP contribution in [0, 0.1) is 10.1 Å². The molecule has 0 N–H and O–H groups in total. The molecule has 7 heteroatoms. The molecule has 142 valence electrons. The number of nitro benzene ring substituents is 1. The number of aliphatic imine (C=N–C) groups is 1. The van der Waals surface area contributed by atoms with Gasteiger partial charge >= 0.3 is 5.97 Å². The monoisotopic (exact) mass is 386 g/mol. The number of benzene rings is 2. The minimum absolute atomic E-state index is 0.0300. The third-order valence-corrected chi connectivity index (χ3v) is 4.10. The number of nitro groups is 1. The van der Waals surface area contributed by atoms with Crippen LogP contribution in [0.3, 0.4) is 0 Å². The number of hydrogen-bond acceptors (Lipinski definition) is 6. The number of cyclic esters (lactones) is 1. The first-order valence-electron chi connectivity index (χ1n) is 8.69. The Kier molecular flexibility index (Phi) is 4.86. The number of esters is 1. The van der Waals surface area contributed by atoms with Crippen molar-refractivity contribution in [2.45, 2.75) is 0 Å². The van der Waals surface area contributed by atoms with Gasteiger partial charge in [-0.05, 0) is 23.8 Å². The molecule has 0 spiro atoms. The van der Waals surface area contributed by atoms with E-state index < -0.39 is 10.9 Å². The van der Waals surface area contributed by atoms with Crippen LogP contribution in [0.15, 0.2) is 87.9 Å². The maximum absolute atomic E-state index is 12.0. The van der Waals surface area contributed by atoms with Crippen LogP contribution in [-0.4, -0.2) is 16.8 Å². The van der Waals surface area contributed by atoms with E-state index in [0.717, 1.165) is 5.56 Å². The number of ether oxygens (including phenoxy) is 1. The Hall–Kier alpha value is -4.26. The van der Waals surface area contributed by atoms with Crippen LogP contribution in [0.25, 0.3) is 23.5 Å². The summed E-state index contributed by atoms with van der Waals surface area (Å²) in [4.78, 5) is 26.7. The van der Waals surface area contributed by atoms with Crippen molar-refractivity contribution >= 4 is 29.7 Å². The zero-order valence-electron chi connectivity index (χ0n) is 15.0. The van der Waals surface area contributed by atoms with Gasteiger partial charge in [-0.3, -0.25) is 10.1 Å². The van der Waals surface area contributed by atoms with Gasteiger partial charge in [0.15, 0.2) is 5.70 Å². The van der Waals surface area contributed by atoms with Crippen LogP contribution in [0.2, 0.25) is 0 Å². The van der Waals surface area contributed by atoms with Crippen LogP contribution in [0.4, 0.5) is 5.69 Å².